The van der Waals surface area contributed by atoms with E-state index >= 15 is 0 Å². The van der Waals surface area contributed by atoms with Gasteiger partial charge in [-0.15, -0.1) is 0 Å². The van der Waals surface area contributed by atoms with Crippen LogP contribution in [0.5, 0.6) is 5.88 Å². The Kier molecular flexibility index (Phi) is 3.32. The highest BCUT2D eigenvalue weighted by Gasteiger charge is 2.16. The molecule has 0 aliphatic carbocycles. The second-order valence-electron chi connectivity index (χ2n) is 3.18. The van der Waals surface area contributed by atoms with Crippen molar-refractivity contribution >= 4 is 11.5 Å². The Morgan fingerprint density at radius 3 is 3.00 bits per heavy atom. The Morgan fingerprint density at radius 2 is 2.39 bits per heavy atom. The molecule has 0 aliphatic heterocycles. The topological polar surface area (TPSA) is 116 Å². The van der Waals surface area contributed by atoms with Crippen molar-refractivity contribution in [3.63, 3.8) is 0 Å². The second-order valence-corrected chi connectivity index (χ2v) is 3.18. The van der Waals surface area contributed by atoms with Crippen molar-refractivity contribution in [3.05, 3.63) is 34.5 Å². The predicted octanol–water partition coefficient (Wildman–Crippen LogP) is 0.993. The molecule has 0 radical (unpaired) electrons. The van der Waals surface area contributed by atoms with Crippen LogP contribution in [0.2, 0.25) is 0 Å². The van der Waals surface area contributed by atoms with Crippen LogP contribution in [0.4, 0.5) is 11.5 Å². The van der Waals surface area contributed by atoms with Crippen LogP contribution in [-0.4, -0.2) is 27.2 Å². The van der Waals surface area contributed by atoms with E-state index in [0.717, 1.165) is 0 Å². The Labute approximate surface area is 101 Å². The molecule has 9 nitrogen and oxygen atoms in total. The molecule has 1 N–H and O–H groups in total. The fourth-order valence-electron chi connectivity index (χ4n) is 1.26. The first-order valence-corrected chi connectivity index (χ1v) is 4.89. The third kappa shape index (κ3) is 2.51. The summed E-state index contributed by atoms with van der Waals surface area (Å²) in [7, 11) is 1.43. The highest BCUT2D eigenvalue weighted by Crippen LogP contribution is 2.24. The first-order chi connectivity index (χ1) is 8.70. The van der Waals surface area contributed by atoms with Crippen LogP contribution in [0.25, 0.3) is 0 Å². The highest BCUT2D eigenvalue weighted by atomic mass is 16.6. The number of nitrogens with one attached hydrogen (secondary N) is 1. The molecule has 0 aliphatic rings. The summed E-state index contributed by atoms with van der Waals surface area (Å²) in [5, 5.41) is 17.1. The molecule has 0 unspecified atom stereocenters. The van der Waals surface area contributed by atoms with Crippen LogP contribution in [0.3, 0.4) is 0 Å². The van der Waals surface area contributed by atoms with Crippen molar-refractivity contribution in [2.24, 2.45) is 0 Å². The molecule has 18 heavy (non-hydrogen) atoms. The lowest BCUT2D eigenvalue weighted by Gasteiger charge is -2.05. The van der Waals surface area contributed by atoms with Crippen LogP contribution in [0.15, 0.2) is 23.0 Å². The molecule has 0 amide bonds. The molecule has 0 saturated heterocycles. The molecule has 2 heterocycles. The van der Waals surface area contributed by atoms with E-state index in [4.69, 9.17) is 4.74 Å². The van der Waals surface area contributed by atoms with Gasteiger partial charge in [-0.1, -0.05) is 5.16 Å². The maximum Gasteiger partial charge on any atom is 0.311 e. The molecule has 0 atom stereocenters. The molecule has 0 bridgehead atoms. The lowest BCUT2D eigenvalue weighted by atomic mass is 10.4. The summed E-state index contributed by atoms with van der Waals surface area (Å²) in [6.45, 7) is 0.164. The van der Waals surface area contributed by atoms with Gasteiger partial charge in [-0.25, -0.2) is 0 Å². The van der Waals surface area contributed by atoms with Gasteiger partial charge in [0.1, 0.15) is 0 Å². The Balaban J connectivity index is 2.20. The maximum atomic E-state index is 10.8. The Hall–Kier alpha value is -2.71. The van der Waals surface area contributed by atoms with Gasteiger partial charge in [0.05, 0.1) is 18.6 Å². The number of hydrogen-bond donors (Lipinski definition) is 1. The van der Waals surface area contributed by atoms with Crippen molar-refractivity contribution in [2.45, 2.75) is 6.54 Å². The van der Waals surface area contributed by atoms with E-state index in [-0.39, 0.29) is 23.9 Å². The number of anilines is 1. The van der Waals surface area contributed by atoms with E-state index in [0.29, 0.717) is 5.82 Å². The smallest absolute Gasteiger partial charge is 0.311 e. The minimum absolute atomic E-state index is 0.0872. The Morgan fingerprint density at radius 1 is 1.56 bits per heavy atom. The quantitative estimate of drug-likeness (QED) is 0.617. The van der Waals surface area contributed by atoms with Gasteiger partial charge >= 0.3 is 5.69 Å². The average molecular weight is 251 g/mol. The monoisotopic (exact) mass is 251 g/mol. The number of aromatic nitrogens is 3. The van der Waals surface area contributed by atoms with E-state index in [9.17, 15) is 10.1 Å². The maximum absolute atomic E-state index is 10.8. The lowest BCUT2D eigenvalue weighted by molar-refractivity contribution is -0.384. The van der Waals surface area contributed by atoms with Gasteiger partial charge < -0.3 is 14.6 Å². The number of hydrogen-bond acceptors (Lipinski definition) is 8. The van der Waals surface area contributed by atoms with Crippen molar-refractivity contribution < 1.29 is 14.2 Å². The fraction of sp³-hybridized carbons (Fsp3) is 0.222. The third-order valence-corrected chi connectivity index (χ3v) is 2.08. The van der Waals surface area contributed by atoms with Gasteiger partial charge in [-0.3, -0.25) is 10.1 Å². The number of ether oxygens (including phenoxy) is 1. The molecule has 0 aromatic carbocycles. The van der Waals surface area contributed by atoms with Crippen molar-refractivity contribution in [1.29, 1.82) is 0 Å². The number of nitrogens with zero attached hydrogens (tertiary/aromatic N) is 4. The second kappa shape index (κ2) is 5.08. The molecule has 0 saturated carbocycles. The summed E-state index contributed by atoms with van der Waals surface area (Å²) in [5.74, 6) is 0.731. The largest absolute Gasteiger partial charge is 0.481 e. The van der Waals surface area contributed by atoms with Gasteiger partial charge in [-0.2, -0.15) is 9.97 Å². The average Bonchev–Trinajstić information content (AvgIpc) is 2.88. The zero-order chi connectivity index (χ0) is 13.0. The standard InChI is InChI=1S/C9H9N5O4/c1-17-8-3-2-6(14(15)16)9(12-8)10-4-7-11-5-18-13-7/h2-3,5H,4H2,1H3,(H,10,12). The van der Waals surface area contributed by atoms with E-state index in [1.807, 2.05) is 0 Å². The number of methoxy groups -OCH3 is 1. The lowest BCUT2D eigenvalue weighted by Crippen LogP contribution is -2.06. The molecule has 94 valence electrons. The SMILES string of the molecule is COc1ccc([N+](=O)[O-])c(NCc2ncon2)n1. The van der Waals surface area contributed by atoms with Crippen molar-refractivity contribution in [3.8, 4) is 5.88 Å². The first-order valence-electron chi connectivity index (χ1n) is 4.89. The van der Waals surface area contributed by atoms with Crippen LogP contribution < -0.4 is 10.1 Å². The minimum atomic E-state index is -0.537. The van der Waals surface area contributed by atoms with Crippen LogP contribution in [0, 0.1) is 10.1 Å². The molecular weight excluding hydrogens is 242 g/mol. The van der Waals surface area contributed by atoms with Gasteiger partial charge in [0.2, 0.25) is 18.1 Å². The number of rotatable bonds is 5. The molecule has 2 rings (SSSR count). The van der Waals surface area contributed by atoms with Gasteiger partial charge in [0.15, 0.2) is 5.82 Å². The molecule has 9 heteroatoms. The van der Waals surface area contributed by atoms with E-state index in [2.05, 4.69) is 25.0 Å². The van der Waals surface area contributed by atoms with Crippen LogP contribution in [0.1, 0.15) is 5.82 Å². The summed E-state index contributed by atoms with van der Waals surface area (Å²) >= 11 is 0. The van der Waals surface area contributed by atoms with Gasteiger partial charge in [0.25, 0.3) is 0 Å². The van der Waals surface area contributed by atoms with Crippen LogP contribution in [-0.2, 0) is 6.54 Å². The molecule has 0 fully saturated rings. The van der Waals surface area contributed by atoms with Crippen LogP contribution >= 0.6 is 0 Å². The summed E-state index contributed by atoms with van der Waals surface area (Å²) in [5.41, 5.74) is -0.153. The minimum Gasteiger partial charge on any atom is -0.481 e. The number of nitro groups is 1. The van der Waals surface area contributed by atoms with Crippen molar-refractivity contribution in [2.75, 3.05) is 12.4 Å². The predicted molar refractivity (Wildman–Crippen MR) is 59.1 cm³/mol. The Bertz CT molecular complexity index is 542. The highest BCUT2D eigenvalue weighted by molar-refractivity contribution is 5.56. The zero-order valence-electron chi connectivity index (χ0n) is 9.36. The van der Waals surface area contributed by atoms with E-state index < -0.39 is 4.92 Å². The molecular formula is C9H9N5O4. The van der Waals surface area contributed by atoms with E-state index in [1.54, 1.807) is 0 Å². The van der Waals surface area contributed by atoms with Gasteiger partial charge in [0, 0.05) is 12.1 Å². The fourth-order valence-corrected chi connectivity index (χ4v) is 1.26. The molecule has 2 aromatic heterocycles. The zero-order valence-corrected chi connectivity index (χ0v) is 9.36. The summed E-state index contributed by atoms with van der Waals surface area (Å²) < 4.78 is 9.45. The van der Waals surface area contributed by atoms with Crippen molar-refractivity contribution in [1.82, 2.24) is 15.1 Å². The normalized spacial score (nSPS) is 10.1. The summed E-state index contributed by atoms with van der Waals surface area (Å²) in [6.07, 6.45) is 1.17. The third-order valence-electron chi connectivity index (χ3n) is 2.08. The first kappa shape index (κ1) is 11.8. The number of pyridine rings is 1. The molecule has 2 aromatic rings. The molecule has 0 spiro atoms. The van der Waals surface area contributed by atoms with Gasteiger partial charge in [-0.05, 0) is 0 Å². The summed E-state index contributed by atoms with van der Waals surface area (Å²) in [4.78, 5) is 18.0. The van der Waals surface area contributed by atoms with E-state index in [1.165, 1.54) is 25.6 Å². The summed E-state index contributed by atoms with van der Waals surface area (Å²) in [6, 6.07) is 2.72.